The lowest BCUT2D eigenvalue weighted by molar-refractivity contribution is 0.0849. The van der Waals surface area contributed by atoms with Crippen LogP contribution < -0.4 is 4.72 Å². The van der Waals surface area contributed by atoms with Crippen LogP contribution in [0.2, 0.25) is 0 Å². The topological polar surface area (TPSA) is 58.6 Å². The molecule has 49 heavy (non-hydrogen) atoms. The third-order valence-electron chi connectivity index (χ3n) is 8.72. The minimum absolute atomic E-state index is 0.0654. The Morgan fingerprint density at radius 2 is 1.24 bits per heavy atom. The second-order valence-electron chi connectivity index (χ2n) is 12.0. The minimum Gasteiger partial charge on any atom is -0.375 e. The molecule has 1 heterocycles. The van der Waals surface area contributed by atoms with Crippen LogP contribution in [0.25, 0.3) is 0 Å². The van der Waals surface area contributed by atoms with E-state index < -0.39 is 38.4 Å². The lowest BCUT2D eigenvalue weighted by Crippen LogP contribution is -2.45. The maximum absolute atomic E-state index is 14.4. The molecule has 6 rings (SSSR count). The summed E-state index contributed by atoms with van der Waals surface area (Å²) in [6.07, 6.45) is 0.959. The fourth-order valence-electron chi connectivity index (χ4n) is 6.38. The fraction of sp³-hybridized carbons (Fsp3) is 0.231. The highest BCUT2D eigenvalue weighted by Crippen LogP contribution is 2.52. The first-order valence-electron chi connectivity index (χ1n) is 16.1. The number of hydrogen-bond acceptors (Lipinski definition) is 4. The van der Waals surface area contributed by atoms with E-state index in [9.17, 15) is 21.6 Å². The van der Waals surface area contributed by atoms with E-state index in [0.717, 1.165) is 28.3 Å². The lowest BCUT2D eigenvalue weighted by atomic mass is 9.84. The summed E-state index contributed by atoms with van der Waals surface area (Å²) in [5, 5.41) is -0.181. The van der Waals surface area contributed by atoms with Gasteiger partial charge in [0.05, 0.1) is 24.0 Å². The molecule has 2 atom stereocenters. The zero-order valence-corrected chi connectivity index (χ0v) is 28.4. The van der Waals surface area contributed by atoms with Crippen molar-refractivity contribution < 1.29 is 26.3 Å². The number of nitrogens with one attached hydrogen (secondary N) is 1. The molecule has 0 radical (unpaired) electrons. The second kappa shape index (κ2) is 15.7. The molecule has 1 aliphatic rings. The monoisotopic (exact) mass is 702 g/mol. The lowest BCUT2D eigenvalue weighted by Gasteiger charge is -2.37. The molecule has 5 aromatic carbocycles. The molecule has 1 saturated heterocycles. The van der Waals surface area contributed by atoms with Crippen LogP contribution >= 0.6 is 11.8 Å². The first kappa shape index (κ1) is 34.9. The van der Waals surface area contributed by atoms with Crippen LogP contribution in [-0.2, 0) is 32.7 Å². The Balaban J connectivity index is 1.30. The molecule has 0 aromatic heterocycles. The minimum atomic E-state index is -3.97. The third-order valence-corrected chi connectivity index (χ3v) is 12.1. The zero-order chi connectivity index (χ0) is 34.3. The molecule has 0 spiro atoms. The van der Waals surface area contributed by atoms with E-state index in [1.165, 1.54) is 4.31 Å². The first-order chi connectivity index (χ1) is 23.8. The Hall–Kier alpha value is -3.93. The van der Waals surface area contributed by atoms with Crippen molar-refractivity contribution in [2.75, 3.05) is 19.7 Å². The third kappa shape index (κ3) is 8.11. The summed E-state index contributed by atoms with van der Waals surface area (Å²) >= 11 is 1.70. The predicted octanol–water partition coefficient (Wildman–Crippen LogP) is 7.87. The van der Waals surface area contributed by atoms with Crippen molar-refractivity contribution in [2.45, 2.75) is 35.5 Å². The van der Waals surface area contributed by atoms with Crippen molar-refractivity contribution in [1.82, 2.24) is 9.03 Å². The molecule has 5 nitrogen and oxygen atoms in total. The molecule has 10 heteroatoms. The molecule has 5 aromatic rings. The highest BCUT2D eigenvalue weighted by Gasteiger charge is 2.46. The van der Waals surface area contributed by atoms with Gasteiger partial charge in [-0.05, 0) is 41.2 Å². The molecule has 0 unspecified atom stereocenters. The van der Waals surface area contributed by atoms with Crippen molar-refractivity contribution in [3.8, 4) is 0 Å². The van der Waals surface area contributed by atoms with E-state index in [-0.39, 0.29) is 37.1 Å². The van der Waals surface area contributed by atoms with Crippen LogP contribution in [0.5, 0.6) is 0 Å². The number of benzene rings is 5. The van der Waals surface area contributed by atoms with E-state index >= 15 is 0 Å². The molecular weight excluding hydrogens is 666 g/mol. The van der Waals surface area contributed by atoms with Gasteiger partial charge in [-0.1, -0.05) is 121 Å². The Labute approximate surface area is 290 Å². The molecule has 0 amide bonds. The second-order valence-corrected chi connectivity index (χ2v) is 15.2. The Kier molecular flexibility index (Phi) is 11.2. The van der Waals surface area contributed by atoms with Gasteiger partial charge in [-0.25, -0.2) is 17.9 Å². The van der Waals surface area contributed by atoms with Gasteiger partial charge in [0, 0.05) is 30.0 Å². The maximum Gasteiger partial charge on any atom is 0.279 e. The summed E-state index contributed by atoms with van der Waals surface area (Å²) < 4.78 is 79.0. The average Bonchev–Trinajstić information content (AvgIpc) is 3.54. The number of rotatable bonds is 14. The number of halogens is 3. The average molecular weight is 703 g/mol. The molecule has 1 N–H and O–H groups in total. The zero-order valence-electron chi connectivity index (χ0n) is 26.7. The Bertz CT molecular complexity index is 1820. The van der Waals surface area contributed by atoms with Crippen molar-refractivity contribution >= 4 is 22.0 Å². The summed E-state index contributed by atoms with van der Waals surface area (Å²) in [4.78, 5) is 0. The number of ether oxygens (including phenoxy) is 1. The van der Waals surface area contributed by atoms with E-state index in [0.29, 0.717) is 18.9 Å². The Morgan fingerprint density at radius 3 is 1.80 bits per heavy atom. The molecule has 1 fully saturated rings. The molecule has 254 valence electrons. The molecular formula is C39H37F3N2O3S2. The number of hydrogen-bond donors (Lipinski definition) is 1. The van der Waals surface area contributed by atoms with Gasteiger partial charge in [-0.15, -0.1) is 11.8 Å². The van der Waals surface area contributed by atoms with Crippen molar-refractivity contribution in [2.24, 2.45) is 0 Å². The van der Waals surface area contributed by atoms with Crippen LogP contribution in [-0.4, -0.2) is 43.7 Å². The molecule has 0 aliphatic carbocycles. The highest BCUT2D eigenvalue weighted by molar-refractivity contribution is 8.01. The van der Waals surface area contributed by atoms with Gasteiger partial charge in [0.15, 0.2) is 11.6 Å². The van der Waals surface area contributed by atoms with Gasteiger partial charge in [-0.2, -0.15) is 12.7 Å². The smallest absolute Gasteiger partial charge is 0.279 e. The van der Waals surface area contributed by atoms with Crippen LogP contribution in [0.1, 0.15) is 34.2 Å². The number of thioether (sulfide) groups is 1. The maximum atomic E-state index is 14.4. The summed E-state index contributed by atoms with van der Waals surface area (Å²) in [5.41, 5.74) is 4.03. The quantitative estimate of drug-likeness (QED) is 0.0946. The van der Waals surface area contributed by atoms with Gasteiger partial charge in [0.2, 0.25) is 0 Å². The van der Waals surface area contributed by atoms with Crippen LogP contribution in [0, 0.1) is 17.5 Å². The van der Waals surface area contributed by atoms with Crippen molar-refractivity contribution in [1.29, 1.82) is 0 Å². The summed E-state index contributed by atoms with van der Waals surface area (Å²) in [6.45, 7) is 0.00217. The van der Waals surface area contributed by atoms with Crippen LogP contribution in [0.15, 0.2) is 133 Å². The van der Waals surface area contributed by atoms with Crippen molar-refractivity contribution in [3.63, 3.8) is 0 Å². The van der Waals surface area contributed by atoms with Gasteiger partial charge >= 0.3 is 0 Å². The van der Waals surface area contributed by atoms with E-state index in [2.05, 4.69) is 41.1 Å². The molecule has 0 saturated carbocycles. The highest BCUT2D eigenvalue weighted by atomic mass is 32.2. The summed E-state index contributed by atoms with van der Waals surface area (Å²) in [7, 11) is -3.97. The SMILES string of the molecule is O=S(=O)(NCCc1ccccc1)N1C[C@H](SC(c2ccccc2)(c2ccccc2)c2ccccc2)C[C@H]1COCc1cc(F)c(F)cc1F. The van der Waals surface area contributed by atoms with Gasteiger partial charge in [0.25, 0.3) is 10.2 Å². The van der Waals surface area contributed by atoms with E-state index in [1.54, 1.807) is 11.8 Å². The van der Waals surface area contributed by atoms with Gasteiger partial charge < -0.3 is 4.74 Å². The van der Waals surface area contributed by atoms with Crippen molar-refractivity contribution in [3.05, 3.63) is 179 Å². The summed E-state index contributed by atoms with van der Waals surface area (Å²) in [6, 6.07) is 40.8. The van der Waals surface area contributed by atoms with Gasteiger partial charge in [-0.3, -0.25) is 0 Å². The molecule has 0 bridgehead atoms. The Morgan fingerprint density at radius 1 is 0.735 bits per heavy atom. The largest absolute Gasteiger partial charge is 0.375 e. The normalized spacial score (nSPS) is 17.0. The fourth-order valence-corrected chi connectivity index (χ4v) is 9.79. The number of nitrogens with zero attached hydrogens (tertiary/aromatic N) is 1. The van der Waals surface area contributed by atoms with Crippen LogP contribution in [0.3, 0.4) is 0 Å². The van der Waals surface area contributed by atoms with Gasteiger partial charge in [0.1, 0.15) is 5.82 Å². The standard InChI is InChI=1S/C39H37F3N2O3S2/c40-36-25-38(42)37(41)23-30(36)27-47-28-34-24-35(26-44(34)49(45,46)43-22-21-29-13-5-1-6-14-29)48-39(31-15-7-2-8-16-31,32-17-9-3-10-18-32)33-19-11-4-12-20-33/h1-20,23,25,34-35,43H,21-22,24,26-28H2/t34-,35+/m0/s1. The van der Waals surface area contributed by atoms with E-state index in [4.69, 9.17) is 4.74 Å². The van der Waals surface area contributed by atoms with Crippen LogP contribution in [0.4, 0.5) is 13.2 Å². The molecule has 1 aliphatic heterocycles. The van der Waals surface area contributed by atoms with E-state index in [1.807, 2.05) is 84.9 Å². The first-order valence-corrected chi connectivity index (χ1v) is 18.4. The summed E-state index contributed by atoms with van der Waals surface area (Å²) in [5.74, 6) is -3.39. The predicted molar refractivity (Wildman–Crippen MR) is 189 cm³/mol.